The molecule has 0 aromatic rings. The number of nitrogens with one attached hydrogen (secondary N) is 1. The van der Waals surface area contributed by atoms with Crippen LogP contribution in [0.15, 0.2) is 0 Å². The molecule has 0 aromatic carbocycles. The van der Waals surface area contributed by atoms with E-state index in [1.807, 2.05) is 0 Å². The van der Waals surface area contributed by atoms with Gasteiger partial charge in [0.1, 0.15) is 0 Å². The summed E-state index contributed by atoms with van der Waals surface area (Å²) in [6.45, 7) is 8.28. The van der Waals surface area contributed by atoms with Gasteiger partial charge < -0.3 is 5.32 Å². The Hall–Kier alpha value is -0.0800. The molecule has 2 bridgehead atoms. The molecule has 2 heteroatoms. The first-order valence-electron chi connectivity index (χ1n) is 9.27. The van der Waals surface area contributed by atoms with Crippen LogP contribution in [0.3, 0.4) is 0 Å². The molecule has 2 saturated heterocycles. The molecular weight excluding hydrogens is 244 g/mol. The van der Waals surface area contributed by atoms with Crippen LogP contribution in [0.1, 0.15) is 85.0 Å². The van der Waals surface area contributed by atoms with Gasteiger partial charge in [-0.25, -0.2) is 0 Å². The predicted molar refractivity (Wildman–Crippen MR) is 88.2 cm³/mol. The second-order valence-corrected chi connectivity index (χ2v) is 7.15. The third-order valence-corrected chi connectivity index (χ3v) is 5.45. The summed E-state index contributed by atoms with van der Waals surface area (Å²) in [6.07, 6.45) is 14.0. The number of hydrogen-bond acceptors (Lipinski definition) is 2. The van der Waals surface area contributed by atoms with Crippen molar-refractivity contribution in [1.82, 2.24) is 10.2 Å². The molecule has 0 spiro atoms. The van der Waals surface area contributed by atoms with Crippen LogP contribution in [-0.4, -0.2) is 35.6 Å². The minimum absolute atomic E-state index is 0.796. The zero-order chi connectivity index (χ0) is 14.4. The smallest absolute Gasteiger partial charge is 0.0116 e. The Labute approximate surface area is 126 Å². The van der Waals surface area contributed by atoms with Gasteiger partial charge in [0.2, 0.25) is 0 Å². The average molecular weight is 280 g/mol. The van der Waals surface area contributed by atoms with E-state index in [9.17, 15) is 0 Å². The number of hydrogen-bond donors (Lipinski definition) is 1. The van der Waals surface area contributed by atoms with Crippen molar-refractivity contribution in [3.8, 4) is 0 Å². The van der Waals surface area contributed by atoms with Crippen LogP contribution in [0.5, 0.6) is 0 Å². The van der Waals surface area contributed by atoms with Crippen molar-refractivity contribution in [3.63, 3.8) is 0 Å². The highest BCUT2D eigenvalue weighted by Crippen LogP contribution is 2.36. The van der Waals surface area contributed by atoms with E-state index < -0.39 is 0 Å². The van der Waals surface area contributed by atoms with Crippen molar-refractivity contribution in [2.24, 2.45) is 0 Å². The third kappa shape index (κ3) is 4.21. The van der Waals surface area contributed by atoms with Crippen LogP contribution in [0.2, 0.25) is 0 Å². The van der Waals surface area contributed by atoms with Crippen molar-refractivity contribution in [2.75, 3.05) is 6.54 Å². The van der Waals surface area contributed by atoms with Gasteiger partial charge in [-0.3, -0.25) is 4.90 Å². The fraction of sp³-hybridized carbons (Fsp3) is 1.00. The van der Waals surface area contributed by atoms with Gasteiger partial charge in [-0.2, -0.15) is 0 Å². The number of piperidine rings is 2. The second-order valence-electron chi connectivity index (χ2n) is 7.15. The highest BCUT2D eigenvalue weighted by atomic mass is 15.2. The average Bonchev–Trinajstić information content (AvgIpc) is 2.44. The molecule has 0 aliphatic carbocycles. The molecule has 3 atom stereocenters. The maximum absolute atomic E-state index is 3.78. The van der Waals surface area contributed by atoms with E-state index in [1.54, 1.807) is 0 Å². The maximum atomic E-state index is 3.78. The number of rotatable bonds is 8. The fourth-order valence-electron chi connectivity index (χ4n) is 4.49. The summed E-state index contributed by atoms with van der Waals surface area (Å²) >= 11 is 0. The first-order valence-corrected chi connectivity index (χ1v) is 9.27. The molecule has 0 saturated carbocycles. The lowest BCUT2D eigenvalue weighted by atomic mass is 9.80. The predicted octanol–water partition coefficient (Wildman–Crippen LogP) is 4.34. The topological polar surface area (TPSA) is 15.3 Å². The molecule has 2 fully saturated rings. The summed E-state index contributed by atoms with van der Waals surface area (Å²) in [4.78, 5) is 2.92. The van der Waals surface area contributed by atoms with Crippen molar-refractivity contribution >= 4 is 0 Å². The van der Waals surface area contributed by atoms with Crippen molar-refractivity contribution in [1.29, 1.82) is 0 Å². The van der Waals surface area contributed by atoms with Gasteiger partial charge in [0.15, 0.2) is 0 Å². The van der Waals surface area contributed by atoms with Crippen molar-refractivity contribution < 1.29 is 0 Å². The van der Waals surface area contributed by atoms with E-state index in [-0.39, 0.29) is 0 Å². The Kier molecular flexibility index (Phi) is 6.83. The zero-order valence-electron chi connectivity index (χ0n) is 14.0. The molecule has 2 aliphatic heterocycles. The first-order chi connectivity index (χ1) is 9.76. The Bertz CT molecular complexity index is 252. The van der Waals surface area contributed by atoms with Gasteiger partial charge in [0, 0.05) is 24.2 Å². The Morgan fingerprint density at radius 1 is 1.05 bits per heavy atom. The summed E-state index contributed by atoms with van der Waals surface area (Å²) in [6, 6.07) is 3.34. The minimum atomic E-state index is 0.796. The van der Waals surface area contributed by atoms with Gasteiger partial charge in [0.25, 0.3) is 0 Å². The van der Waals surface area contributed by atoms with Crippen LogP contribution in [0.4, 0.5) is 0 Å². The Morgan fingerprint density at radius 2 is 1.75 bits per heavy atom. The number of unbranched alkanes of at least 4 members (excludes halogenated alkanes) is 2. The lowest BCUT2D eigenvalue weighted by Crippen LogP contribution is -2.59. The monoisotopic (exact) mass is 280 g/mol. The van der Waals surface area contributed by atoms with E-state index in [1.165, 1.54) is 70.8 Å². The molecular formula is C18H36N2. The lowest BCUT2D eigenvalue weighted by Gasteiger charge is -2.52. The quantitative estimate of drug-likeness (QED) is 0.665. The van der Waals surface area contributed by atoms with Crippen molar-refractivity contribution in [2.45, 2.75) is 109 Å². The molecule has 2 heterocycles. The number of fused-ring (bicyclic) bond motifs is 2. The summed E-state index contributed by atoms with van der Waals surface area (Å²) in [5.41, 5.74) is 0. The molecule has 118 valence electrons. The SMILES string of the molecule is CCCCCC(C)N1C2CCCC1CC(NCCC)C2. The molecule has 0 radical (unpaired) electrons. The Morgan fingerprint density at radius 3 is 2.35 bits per heavy atom. The van der Waals surface area contributed by atoms with Crippen LogP contribution >= 0.6 is 0 Å². The molecule has 0 aromatic heterocycles. The molecule has 0 amide bonds. The largest absolute Gasteiger partial charge is 0.314 e. The lowest BCUT2D eigenvalue weighted by molar-refractivity contribution is -0.00832. The summed E-state index contributed by atoms with van der Waals surface area (Å²) in [5, 5.41) is 3.78. The molecule has 2 rings (SSSR count). The fourth-order valence-corrected chi connectivity index (χ4v) is 4.49. The van der Waals surface area contributed by atoms with E-state index in [0.29, 0.717) is 0 Å². The van der Waals surface area contributed by atoms with E-state index in [4.69, 9.17) is 0 Å². The molecule has 1 N–H and O–H groups in total. The second kappa shape index (κ2) is 8.38. The maximum Gasteiger partial charge on any atom is 0.0116 e. The Balaban J connectivity index is 1.87. The highest BCUT2D eigenvalue weighted by Gasteiger charge is 2.39. The van der Waals surface area contributed by atoms with E-state index in [0.717, 1.165) is 24.2 Å². The molecule has 2 nitrogen and oxygen atoms in total. The molecule has 2 aliphatic rings. The zero-order valence-corrected chi connectivity index (χ0v) is 14.0. The normalized spacial score (nSPS) is 32.2. The summed E-state index contributed by atoms with van der Waals surface area (Å²) in [5.74, 6) is 0. The first kappa shape index (κ1) is 16.3. The van der Waals surface area contributed by atoms with Gasteiger partial charge in [-0.1, -0.05) is 39.5 Å². The van der Waals surface area contributed by atoms with Crippen molar-refractivity contribution in [3.05, 3.63) is 0 Å². The summed E-state index contributed by atoms with van der Waals surface area (Å²) in [7, 11) is 0. The summed E-state index contributed by atoms with van der Waals surface area (Å²) < 4.78 is 0. The molecule has 3 unspecified atom stereocenters. The minimum Gasteiger partial charge on any atom is -0.314 e. The van der Waals surface area contributed by atoms with Crippen LogP contribution in [-0.2, 0) is 0 Å². The van der Waals surface area contributed by atoms with Crippen LogP contribution in [0, 0.1) is 0 Å². The van der Waals surface area contributed by atoms with Gasteiger partial charge in [-0.15, -0.1) is 0 Å². The van der Waals surface area contributed by atoms with Crippen LogP contribution < -0.4 is 5.32 Å². The number of nitrogens with zero attached hydrogens (tertiary/aromatic N) is 1. The molecule has 20 heavy (non-hydrogen) atoms. The van der Waals surface area contributed by atoms with Gasteiger partial charge in [0.05, 0.1) is 0 Å². The highest BCUT2D eigenvalue weighted by molar-refractivity contribution is 4.96. The van der Waals surface area contributed by atoms with E-state index in [2.05, 4.69) is 31.0 Å². The standard InChI is InChI=1S/C18H36N2/c1-4-6-7-9-15(3)20-17-10-8-11-18(20)14-16(13-17)19-12-5-2/h15-19H,4-14H2,1-3H3. The van der Waals surface area contributed by atoms with E-state index >= 15 is 0 Å². The van der Waals surface area contributed by atoms with Crippen LogP contribution in [0.25, 0.3) is 0 Å². The van der Waals surface area contributed by atoms with Gasteiger partial charge in [-0.05, 0) is 52.0 Å². The third-order valence-electron chi connectivity index (χ3n) is 5.45. The van der Waals surface area contributed by atoms with Gasteiger partial charge >= 0.3 is 0 Å².